The summed E-state index contributed by atoms with van der Waals surface area (Å²) in [5.74, 6) is -3.67. The molecule has 0 bridgehead atoms. The molecule has 12 nitrogen and oxygen atoms in total. The molecule has 67 heavy (non-hydrogen) atoms. The number of hydrogen-bond donors (Lipinski definition) is 3. The van der Waals surface area contributed by atoms with E-state index in [0.29, 0.717) is 19.3 Å². The second-order valence-electron chi connectivity index (χ2n) is 19.1. The third kappa shape index (κ3) is 49.6. The van der Waals surface area contributed by atoms with Gasteiger partial charge in [-0.25, -0.2) is 0 Å². The topological polar surface area (TPSA) is 166 Å². The van der Waals surface area contributed by atoms with Gasteiger partial charge in [0.2, 0.25) is 17.7 Å². The summed E-state index contributed by atoms with van der Waals surface area (Å²) in [6.45, 7) is 5.27. The number of nitrogens with one attached hydrogen (secondary N) is 3. The highest BCUT2D eigenvalue weighted by Gasteiger charge is 2.49. The first-order valence-corrected chi connectivity index (χ1v) is 29.5. The van der Waals surface area contributed by atoms with Crippen molar-refractivity contribution in [1.29, 1.82) is 0 Å². The number of hydrogen-bond acceptors (Lipinski definition) is 9. The molecule has 0 saturated carbocycles. The maximum Gasteiger partial charge on any atom is 1.20 e. The van der Waals surface area contributed by atoms with Crippen molar-refractivity contribution in [3.8, 4) is 0 Å². The van der Waals surface area contributed by atoms with Crippen molar-refractivity contribution in [2.45, 2.75) is 290 Å². The highest BCUT2D eigenvalue weighted by atomic mass is 27.3. The summed E-state index contributed by atoms with van der Waals surface area (Å²) in [5.41, 5.74) is 0. The van der Waals surface area contributed by atoms with E-state index in [4.69, 9.17) is 11.4 Å². The van der Waals surface area contributed by atoms with Gasteiger partial charge in [0.05, 0.1) is 0 Å². The number of rotatable bonds is 51. The molecule has 0 atom stereocenters. The molecule has 13 heteroatoms. The van der Waals surface area contributed by atoms with E-state index in [-0.39, 0.29) is 37.0 Å². The monoisotopic (exact) mass is 964 g/mol. The largest absolute Gasteiger partial charge is 1.20 e. The molecule has 0 fully saturated rings. The molecule has 0 aliphatic carbocycles. The predicted molar refractivity (Wildman–Crippen MR) is 274 cm³/mol. The zero-order valence-corrected chi connectivity index (χ0v) is 44.7. The molecule has 0 heterocycles. The van der Waals surface area contributed by atoms with Crippen LogP contribution in [0.3, 0.4) is 0 Å². The minimum absolute atomic E-state index is 0.272. The van der Waals surface area contributed by atoms with Crippen LogP contribution in [0.15, 0.2) is 0 Å². The Kier molecular flexibility index (Phi) is 49.2. The Morgan fingerprint density at radius 1 is 0.269 bits per heavy atom. The van der Waals surface area contributed by atoms with Crippen LogP contribution in [0, 0.1) is 0 Å². The normalized spacial score (nSPS) is 11.0. The van der Waals surface area contributed by atoms with Crippen molar-refractivity contribution in [3.63, 3.8) is 0 Å². The summed E-state index contributed by atoms with van der Waals surface area (Å²) >= 11 is -3.76. The van der Waals surface area contributed by atoms with Gasteiger partial charge in [-0.1, -0.05) is 252 Å². The second kappa shape index (κ2) is 51.2. The molecule has 3 amide bonds. The maximum atomic E-state index is 12.7. The van der Waals surface area contributed by atoms with Crippen molar-refractivity contribution < 1.29 is 40.1 Å². The first-order valence-electron chi connectivity index (χ1n) is 28.1. The Morgan fingerprint density at radius 3 is 0.612 bits per heavy atom. The van der Waals surface area contributed by atoms with Crippen LogP contribution in [0.4, 0.5) is 0 Å². The van der Waals surface area contributed by atoms with Gasteiger partial charge in [0.15, 0.2) is 0 Å². The van der Waals surface area contributed by atoms with Crippen LogP contribution in [-0.2, 0) is 40.1 Å². The van der Waals surface area contributed by atoms with E-state index < -0.39 is 52.7 Å². The Morgan fingerprint density at radius 2 is 0.433 bits per heavy atom. The van der Waals surface area contributed by atoms with E-state index in [9.17, 15) is 28.8 Å². The van der Waals surface area contributed by atoms with E-state index in [1.807, 2.05) is 0 Å². The zero-order valence-electron chi connectivity index (χ0n) is 43.6. The molecule has 0 aromatic carbocycles. The Bertz CT molecular complexity index is 1060. The molecule has 0 aliphatic rings. The van der Waals surface area contributed by atoms with E-state index in [1.165, 1.54) is 173 Å². The standard InChI is InChI=1S/3C18H35NO3.Al/c3*1-2-3-4-5-6-7-8-9-10-11-12-13-14-15-17(20)19-16-18(21)22;/h3*2-16H2,1H3,(H,19,20)(H,21,22);/q;;;+3/p-3. The third-order valence-electron chi connectivity index (χ3n) is 12.5. The molecule has 0 aromatic heterocycles. The van der Waals surface area contributed by atoms with Gasteiger partial charge in [0, 0.05) is 19.3 Å². The average molecular weight is 964 g/mol. The van der Waals surface area contributed by atoms with Crippen LogP contribution in [-0.4, -0.2) is 70.4 Å². The van der Waals surface area contributed by atoms with Crippen molar-refractivity contribution in [2.75, 3.05) is 19.6 Å². The van der Waals surface area contributed by atoms with E-state index in [2.05, 4.69) is 36.7 Å². The molecule has 390 valence electrons. The molecule has 0 rings (SSSR count). The van der Waals surface area contributed by atoms with Crippen LogP contribution < -0.4 is 16.0 Å². The third-order valence-corrected chi connectivity index (χ3v) is 13.9. The molecule has 0 spiro atoms. The number of carbonyl (C=O) groups excluding carboxylic acids is 6. The fourth-order valence-electron chi connectivity index (χ4n) is 8.21. The van der Waals surface area contributed by atoms with E-state index in [1.54, 1.807) is 0 Å². The van der Waals surface area contributed by atoms with Gasteiger partial charge in [-0.05, 0) is 19.3 Å². The number of carbonyl (C=O) groups is 6. The summed E-state index contributed by atoms with van der Waals surface area (Å²) in [6.07, 6.45) is 47.6. The fraction of sp³-hybridized carbons (Fsp3) is 0.889. The highest BCUT2D eigenvalue weighted by Crippen LogP contribution is 2.16. The van der Waals surface area contributed by atoms with Crippen LogP contribution in [0.1, 0.15) is 290 Å². The van der Waals surface area contributed by atoms with Gasteiger partial charge in [-0.2, -0.15) is 0 Å². The molecule has 0 saturated heterocycles. The quantitative estimate of drug-likeness (QED) is 0.0397. The first-order chi connectivity index (χ1) is 32.7. The fourth-order valence-corrected chi connectivity index (χ4v) is 9.24. The molecule has 3 N–H and O–H groups in total. The van der Waals surface area contributed by atoms with Crippen LogP contribution in [0.2, 0.25) is 0 Å². The minimum atomic E-state index is -3.76. The second-order valence-corrected chi connectivity index (χ2v) is 20.4. The summed E-state index contributed by atoms with van der Waals surface area (Å²) in [6, 6.07) is 0. The van der Waals surface area contributed by atoms with Crippen LogP contribution >= 0.6 is 0 Å². The smallest absolute Gasteiger partial charge is 0.549 e. The van der Waals surface area contributed by atoms with Crippen molar-refractivity contribution >= 4 is 50.8 Å². The van der Waals surface area contributed by atoms with Crippen molar-refractivity contribution in [3.05, 3.63) is 0 Å². The lowest BCUT2D eigenvalue weighted by Crippen LogP contribution is -2.42. The summed E-state index contributed by atoms with van der Waals surface area (Å²) in [7, 11) is 0. The van der Waals surface area contributed by atoms with Crippen molar-refractivity contribution in [1.82, 2.24) is 16.0 Å². The van der Waals surface area contributed by atoms with Crippen molar-refractivity contribution in [2.24, 2.45) is 0 Å². The molecular formula is C54H102AlN3O9. The number of amides is 3. The number of unbranched alkanes of at least 4 members (excludes halogenated alkanes) is 36. The Hall–Kier alpha value is -2.65. The molecule has 0 aromatic rings. The molecule has 0 aliphatic heterocycles. The molecule has 0 radical (unpaired) electrons. The summed E-state index contributed by atoms with van der Waals surface area (Å²) in [4.78, 5) is 75.5. The van der Waals surface area contributed by atoms with Gasteiger partial charge >= 0.3 is 15.1 Å². The van der Waals surface area contributed by atoms with E-state index >= 15 is 0 Å². The minimum Gasteiger partial charge on any atom is -0.549 e. The lowest BCUT2D eigenvalue weighted by molar-refractivity contribution is -0.148. The lowest BCUT2D eigenvalue weighted by atomic mass is 10.0. The van der Waals surface area contributed by atoms with E-state index in [0.717, 1.165) is 57.8 Å². The maximum absolute atomic E-state index is 12.7. The average Bonchev–Trinajstić information content (AvgIpc) is 3.31. The van der Waals surface area contributed by atoms with Gasteiger partial charge in [0.1, 0.15) is 19.6 Å². The van der Waals surface area contributed by atoms with Gasteiger partial charge < -0.3 is 27.3 Å². The van der Waals surface area contributed by atoms with Crippen LogP contribution in [0.25, 0.3) is 0 Å². The summed E-state index contributed by atoms with van der Waals surface area (Å²) in [5, 5.41) is 7.60. The molecular weight excluding hydrogens is 862 g/mol. The Balaban J connectivity index is 4.61. The van der Waals surface area contributed by atoms with Gasteiger partial charge in [-0.15, -0.1) is 0 Å². The first kappa shape index (κ1) is 64.4. The Labute approximate surface area is 415 Å². The SMILES string of the molecule is CCCCCCCCCCCCCCCC(=O)NCC(=O)[O][Al]([O]C(=O)CNC(=O)CCCCCCCCCCCCCCC)[O]C(=O)CNC(=O)CCCCCCCCCCCCCCC. The molecule has 0 unspecified atom stereocenters. The predicted octanol–water partition coefficient (Wildman–Crippen LogP) is 13.4. The highest BCUT2D eigenvalue weighted by molar-refractivity contribution is 6.44. The lowest BCUT2D eigenvalue weighted by Gasteiger charge is -2.14. The van der Waals surface area contributed by atoms with Gasteiger partial charge in [0.25, 0.3) is 17.9 Å². The summed E-state index contributed by atoms with van der Waals surface area (Å²) < 4.78 is 15.8. The zero-order chi connectivity index (χ0) is 49.1. The van der Waals surface area contributed by atoms with Crippen LogP contribution in [0.5, 0.6) is 0 Å². The van der Waals surface area contributed by atoms with Gasteiger partial charge in [-0.3, -0.25) is 28.8 Å².